The van der Waals surface area contributed by atoms with Gasteiger partial charge in [-0.2, -0.15) is 10.2 Å². The predicted octanol–water partition coefficient (Wildman–Crippen LogP) is 3.87. The van der Waals surface area contributed by atoms with E-state index in [-0.39, 0.29) is 11.2 Å². The van der Waals surface area contributed by atoms with Crippen LogP contribution in [-0.2, 0) is 6.54 Å². The van der Waals surface area contributed by atoms with Gasteiger partial charge in [0.2, 0.25) is 5.82 Å². The molecular weight excluding hydrogens is 423 g/mol. The van der Waals surface area contributed by atoms with E-state index in [1.165, 1.54) is 10.7 Å². The molecule has 3 aromatic heterocycles. The van der Waals surface area contributed by atoms with Gasteiger partial charge in [0, 0.05) is 24.5 Å². The molecule has 0 bridgehead atoms. The van der Waals surface area contributed by atoms with Gasteiger partial charge in [-0.3, -0.25) is 9.48 Å². The first-order chi connectivity index (χ1) is 14.7. The molecule has 3 heterocycles. The van der Waals surface area contributed by atoms with Gasteiger partial charge in [0.1, 0.15) is 11.3 Å². The van der Waals surface area contributed by atoms with Gasteiger partial charge in [-0.25, -0.2) is 31.5 Å². The molecule has 4 aromatic rings. The van der Waals surface area contributed by atoms with E-state index in [0.29, 0.717) is 23.5 Å². The Morgan fingerprint density at radius 1 is 1.06 bits per heavy atom. The summed E-state index contributed by atoms with van der Waals surface area (Å²) >= 11 is 0. The summed E-state index contributed by atoms with van der Waals surface area (Å²) < 4.78 is 70.9. The highest BCUT2D eigenvalue weighted by atomic mass is 19.2. The summed E-state index contributed by atoms with van der Waals surface area (Å²) in [6, 6.07) is 1.63. The van der Waals surface area contributed by atoms with Crippen molar-refractivity contribution < 1.29 is 26.7 Å². The Morgan fingerprint density at radius 2 is 1.71 bits per heavy atom. The van der Waals surface area contributed by atoms with Gasteiger partial charge >= 0.3 is 0 Å². The summed E-state index contributed by atoms with van der Waals surface area (Å²) in [5.41, 5.74) is 0.268. The Labute approximate surface area is 171 Å². The molecule has 1 amide bonds. The zero-order valence-electron chi connectivity index (χ0n) is 16.1. The molecule has 1 N–H and O–H groups in total. The van der Waals surface area contributed by atoms with Gasteiger partial charge in [0.15, 0.2) is 28.9 Å². The summed E-state index contributed by atoms with van der Waals surface area (Å²) in [6.45, 7) is 4.33. The van der Waals surface area contributed by atoms with Crippen molar-refractivity contribution in [3.63, 3.8) is 0 Å². The van der Waals surface area contributed by atoms with Crippen molar-refractivity contribution in [2.75, 3.05) is 5.32 Å². The standard InChI is InChI=1S/C19H13F5N6O/c1-3-29-7-10(8(2)28-29)11-4-5-25-18-9(6-26-30(11)18)19(31)27-17-15(23)13(21)12(20)14(22)16(17)24/h4-7H,3H2,1-2H3,(H,27,31). The lowest BCUT2D eigenvalue weighted by atomic mass is 10.2. The van der Waals surface area contributed by atoms with Crippen molar-refractivity contribution in [3.8, 4) is 11.3 Å². The van der Waals surface area contributed by atoms with E-state index in [0.717, 1.165) is 6.20 Å². The number of aryl methyl sites for hydroxylation is 2. The average Bonchev–Trinajstić information content (AvgIpc) is 3.37. The van der Waals surface area contributed by atoms with Crippen LogP contribution in [0.15, 0.2) is 24.7 Å². The van der Waals surface area contributed by atoms with Gasteiger partial charge < -0.3 is 5.32 Å². The smallest absolute Gasteiger partial charge is 0.261 e. The van der Waals surface area contributed by atoms with Crippen LogP contribution in [0.3, 0.4) is 0 Å². The number of nitrogens with zero attached hydrogens (tertiary/aromatic N) is 5. The fourth-order valence-electron chi connectivity index (χ4n) is 3.08. The number of nitrogens with one attached hydrogen (secondary N) is 1. The molecule has 0 aliphatic carbocycles. The molecule has 0 fully saturated rings. The van der Waals surface area contributed by atoms with E-state index in [1.807, 2.05) is 6.92 Å². The molecule has 4 rings (SSSR count). The number of carbonyl (C=O) groups is 1. The van der Waals surface area contributed by atoms with Crippen molar-refractivity contribution >= 4 is 17.2 Å². The van der Waals surface area contributed by atoms with Gasteiger partial charge in [0.05, 0.1) is 17.6 Å². The van der Waals surface area contributed by atoms with Crippen LogP contribution in [0.25, 0.3) is 16.9 Å². The molecule has 0 radical (unpaired) electrons. The molecule has 1 aromatic carbocycles. The molecule has 160 valence electrons. The number of halogens is 5. The number of anilines is 1. The number of hydrogen-bond donors (Lipinski definition) is 1. The second kappa shape index (κ2) is 7.45. The average molecular weight is 436 g/mol. The molecular formula is C19H13F5N6O. The third-order valence-corrected chi connectivity index (χ3v) is 4.64. The number of fused-ring (bicyclic) bond motifs is 1. The first-order valence-electron chi connectivity index (χ1n) is 8.94. The predicted molar refractivity (Wildman–Crippen MR) is 98.8 cm³/mol. The maximum atomic E-state index is 13.9. The van der Waals surface area contributed by atoms with E-state index in [2.05, 4.69) is 15.2 Å². The maximum absolute atomic E-state index is 13.9. The van der Waals surface area contributed by atoms with Gasteiger partial charge in [-0.1, -0.05) is 0 Å². The molecule has 0 atom stereocenters. The fourth-order valence-corrected chi connectivity index (χ4v) is 3.08. The third kappa shape index (κ3) is 3.20. The van der Waals surface area contributed by atoms with Gasteiger partial charge in [-0.05, 0) is 19.9 Å². The number of aromatic nitrogens is 5. The van der Waals surface area contributed by atoms with E-state index in [4.69, 9.17) is 0 Å². The normalized spacial score (nSPS) is 11.3. The van der Waals surface area contributed by atoms with Gasteiger partial charge in [0.25, 0.3) is 5.91 Å². The van der Waals surface area contributed by atoms with Crippen LogP contribution in [0.1, 0.15) is 23.0 Å². The van der Waals surface area contributed by atoms with Crippen molar-refractivity contribution in [2.45, 2.75) is 20.4 Å². The number of rotatable bonds is 4. The quantitative estimate of drug-likeness (QED) is 0.299. The van der Waals surface area contributed by atoms with Crippen molar-refractivity contribution in [3.05, 3.63) is 65.0 Å². The fraction of sp³-hybridized carbons (Fsp3) is 0.158. The van der Waals surface area contributed by atoms with Crippen molar-refractivity contribution in [1.29, 1.82) is 0 Å². The highest BCUT2D eigenvalue weighted by Gasteiger charge is 2.28. The second-order valence-corrected chi connectivity index (χ2v) is 6.51. The third-order valence-electron chi connectivity index (χ3n) is 4.64. The zero-order valence-corrected chi connectivity index (χ0v) is 16.1. The molecule has 0 spiro atoms. The number of amides is 1. The molecule has 0 saturated carbocycles. The summed E-state index contributed by atoms with van der Waals surface area (Å²) in [5, 5.41) is 10.2. The lowest BCUT2D eigenvalue weighted by Crippen LogP contribution is -2.17. The maximum Gasteiger partial charge on any atom is 0.261 e. The zero-order chi connectivity index (χ0) is 22.4. The molecule has 12 heteroatoms. The van der Waals surface area contributed by atoms with Crippen LogP contribution in [0, 0.1) is 36.0 Å². The first-order valence-corrected chi connectivity index (χ1v) is 8.94. The molecule has 31 heavy (non-hydrogen) atoms. The Kier molecular flexibility index (Phi) is 4.91. The SMILES string of the molecule is CCn1cc(-c2ccnc3c(C(=O)Nc4c(F)c(F)c(F)c(F)c4F)cnn23)c(C)n1. The molecule has 7 nitrogen and oxygen atoms in total. The van der Waals surface area contributed by atoms with E-state index >= 15 is 0 Å². The number of hydrogen-bond acceptors (Lipinski definition) is 4. The van der Waals surface area contributed by atoms with Crippen molar-refractivity contribution in [1.82, 2.24) is 24.4 Å². The van der Waals surface area contributed by atoms with Gasteiger partial charge in [-0.15, -0.1) is 0 Å². The molecule has 0 aliphatic heterocycles. The van der Waals surface area contributed by atoms with Crippen LogP contribution in [0.4, 0.5) is 27.6 Å². The van der Waals surface area contributed by atoms with E-state index in [9.17, 15) is 26.7 Å². The van der Waals surface area contributed by atoms with E-state index in [1.54, 1.807) is 29.2 Å². The first kappa shape index (κ1) is 20.4. The van der Waals surface area contributed by atoms with Crippen LogP contribution in [0.2, 0.25) is 0 Å². The lowest BCUT2D eigenvalue weighted by Gasteiger charge is -2.09. The highest BCUT2D eigenvalue weighted by molar-refractivity contribution is 6.08. The molecule has 0 saturated heterocycles. The summed E-state index contributed by atoms with van der Waals surface area (Å²) in [6.07, 6.45) is 4.25. The second-order valence-electron chi connectivity index (χ2n) is 6.51. The number of carbonyl (C=O) groups excluding carboxylic acids is 1. The number of benzene rings is 1. The topological polar surface area (TPSA) is 77.1 Å². The monoisotopic (exact) mass is 436 g/mol. The minimum Gasteiger partial charge on any atom is -0.317 e. The minimum atomic E-state index is -2.32. The largest absolute Gasteiger partial charge is 0.317 e. The van der Waals surface area contributed by atoms with Crippen LogP contribution in [0.5, 0.6) is 0 Å². The van der Waals surface area contributed by atoms with Crippen LogP contribution in [-0.4, -0.2) is 30.3 Å². The Hall–Kier alpha value is -3.83. The van der Waals surface area contributed by atoms with Crippen molar-refractivity contribution in [2.24, 2.45) is 0 Å². The summed E-state index contributed by atoms with van der Waals surface area (Å²) in [7, 11) is 0. The Bertz CT molecular complexity index is 1320. The van der Waals surface area contributed by atoms with E-state index < -0.39 is 40.7 Å². The lowest BCUT2D eigenvalue weighted by molar-refractivity contribution is 0.102. The Morgan fingerprint density at radius 3 is 2.32 bits per heavy atom. The highest BCUT2D eigenvalue weighted by Crippen LogP contribution is 2.28. The molecule has 0 unspecified atom stereocenters. The Balaban J connectivity index is 1.77. The minimum absolute atomic E-state index is 0.0162. The summed E-state index contributed by atoms with van der Waals surface area (Å²) in [4.78, 5) is 16.6. The summed E-state index contributed by atoms with van der Waals surface area (Å²) in [5.74, 6) is -12.1. The van der Waals surface area contributed by atoms with Crippen LogP contribution < -0.4 is 5.32 Å². The molecule has 0 aliphatic rings. The van der Waals surface area contributed by atoms with Crippen LogP contribution >= 0.6 is 0 Å².